The van der Waals surface area contributed by atoms with E-state index in [-0.39, 0.29) is 31.1 Å². The predicted octanol–water partition coefficient (Wildman–Crippen LogP) is 15.6. The predicted molar refractivity (Wildman–Crippen MR) is 238 cm³/mol. The number of ether oxygens (including phenoxy) is 3. The number of carbonyl (C=O) groups is 3. The lowest BCUT2D eigenvalue weighted by Gasteiger charge is -2.18. The van der Waals surface area contributed by atoms with Crippen LogP contribution in [0, 0.1) is 0 Å². The van der Waals surface area contributed by atoms with Crippen molar-refractivity contribution in [1.29, 1.82) is 0 Å². The fourth-order valence-electron chi connectivity index (χ4n) is 6.93. The quantitative estimate of drug-likeness (QED) is 0.0265. The van der Waals surface area contributed by atoms with Gasteiger partial charge in [0.15, 0.2) is 6.10 Å². The fraction of sp³-hybridized carbons (Fsp3) is 0.860. The van der Waals surface area contributed by atoms with E-state index in [1.165, 1.54) is 128 Å². The van der Waals surface area contributed by atoms with Crippen LogP contribution in [-0.2, 0) is 28.6 Å². The molecule has 0 spiro atoms. The van der Waals surface area contributed by atoms with Gasteiger partial charge in [-0.15, -0.1) is 0 Å². The van der Waals surface area contributed by atoms with Crippen molar-refractivity contribution in [3.63, 3.8) is 0 Å². The van der Waals surface area contributed by atoms with Crippen molar-refractivity contribution in [3.8, 4) is 0 Å². The monoisotopic (exact) mass is 789 g/mol. The smallest absolute Gasteiger partial charge is 0.306 e. The third-order valence-corrected chi connectivity index (χ3v) is 10.7. The minimum atomic E-state index is -0.773. The van der Waals surface area contributed by atoms with Crippen LogP contribution in [-0.4, -0.2) is 37.2 Å². The molecule has 328 valence electrons. The lowest BCUT2D eigenvalue weighted by atomic mass is 10.0. The zero-order chi connectivity index (χ0) is 40.8. The van der Waals surface area contributed by atoms with Crippen molar-refractivity contribution in [2.75, 3.05) is 13.2 Å². The summed E-state index contributed by atoms with van der Waals surface area (Å²) in [5.41, 5.74) is 0. The molecule has 0 aromatic heterocycles. The number of unbranched alkanes of at least 4 members (excludes halogenated alkanes) is 29. The van der Waals surface area contributed by atoms with Gasteiger partial charge in [-0.3, -0.25) is 14.4 Å². The highest BCUT2D eigenvalue weighted by Gasteiger charge is 2.19. The highest BCUT2D eigenvalue weighted by molar-refractivity contribution is 5.71. The first-order chi connectivity index (χ1) is 27.5. The Morgan fingerprint density at radius 1 is 0.339 bits per heavy atom. The van der Waals surface area contributed by atoms with E-state index in [0.717, 1.165) is 89.9 Å². The summed E-state index contributed by atoms with van der Waals surface area (Å²) >= 11 is 0. The third kappa shape index (κ3) is 43.0. The summed E-state index contributed by atoms with van der Waals surface area (Å²) in [6, 6.07) is 0. The van der Waals surface area contributed by atoms with Gasteiger partial charge < -0.3 is 14.2 Å². The van der Waals surface area contributed by atoms with E-state index in [1.54, 1.807) is 0 Å². The second-order valence-corrected chi connectivity index (χ2v) is 16.4. The molecule has 0 aromatic rings. The minimum Gasteiger partial charge on any atom is -0.462 e. The summed E-state index contributed by atoms with van der Waals surface area (Å²) in [6.07, 6.45) is 50.2. The molecule has 6 heteroatoms. The molecule has 56 heavy (non-hydrogen) atoms. The van der Waals surface area contributed by atoms with Crippen molar-refractivity contribution in [3.05, 3.63) is 24.3 Å². The molecule has 0 radical (unpaired) electrons. The number of allylic oxidation sites excluding steroid dienone is 4. The third-order valence-electron chi connectivity index (χ3n) is 10.7. The molecule has 0 aromatic carbocycles. The Morgan fingerprint density at radius 3 is 0.946 bits per heavy atom. The number of hydrogen-bond donors (Lipinski definition) is 0. The summed E-state index contributed by atoms with van der Waals surface area (Å²) in [5, 5.41) is 0. The van der Waals surface area contributed by atoms with E-state index in [1.807, 2.05) is 0 Å². The van der Waals surface area contributed by atoms with Gasteiger partial charge in [0.05, 0.1) is 0 Å². The maximum absolute atomic E-state index is 12.7. The molecule has 0 heterocycles. The molecule has 0 saturated heterocycles. The Kier molecular flexibility index (Phi) is 43.9. The van der Waals surface area contributed by atoms with Gasteiger partial charge in [0.1, 0.15) is 13.2 Å². The van der Waals surface area contributed by atoms with Crippen LogP contribution in [0.4, 0.5) is 0 Å². The molecule has 6 nitrogen and oxygen atoms in total. The number of rotatable bonds is 44. The Balaban J connectivity index is 4.29. The van der Waals surface area contributed by atoms with Gasteiger partial charge >= 0.3 is 17.9 Å². The molecule has 0 fully saturated rings. The van der Waals surface area contributed by atoms with Crippen molar-refractivity contribution >= 4 is 17.9 Å². The highest BCUT2D eigenvalue weighted by atomic mass is 16.6. The number of carbonyl (C=O) groups excluding carboxylic acids is 3. The molecular weight excluding hydrogens is 697 g/mol. The number of esters is 3. The summed E-state index contributed by atoms with van der Waals surface area (Å²) in [7, 11) is 0. The van der Waals surface area contributed by atoms with E-state index in [2.05, 4.69) is 45.1 Å². The summed E-state index contributed by atoms with van der Waals surface area (Å²) in [5.74, 6) is -0.892. The fourth-order valence-corrected chi connectivity index (χ4v) is 6.93. The molecule has 0 aliphatic heterocycles. The van der Waals surface area contributed by atoms with Crippen LogP contribution >= 0.6 is 0 Å². The lowest BCUT2D eigenvalue weighted by Crippen LogP contribution is -2.30. The van der Waals surface area contributed by atoms with E-state index >= 15 is 0 Å². The Morgan fingerprint density at radius 2 is 0.607 bits per heavy atom. The van der Waals surface area contributed by atoms with E-state index in [9.17, 15) is 14.4 Å². The van der Waals surface area contributed by atoms with Crippen LogP contribution in [0.3, 0.4) is 0 Å². The van der Waals surface area contributed by atoms with Gasteiger partial charge in [0, 0.05) is 19.3 Å². The van der Waals surface area contributed by atoms with Gasteiger partial charge in [-0.05, 0) is 57.8 Å². The van der Waals surface area contributed by atoms with E-state index < -0.39 is 6.10 Å². The average Bonchev–Trinajstić information content (AvgIpc) is 3.19. The van der Waals surface area contributed by atoms with Gasteiger partial charge in [-0.25, -0.2) is 0 Å². The molecular formula is C50H92O6. The second kappa shape index (κ2) is 45.6. The SMILES string of the molecule is CCCC/C=C\CCCCCCCC(=O)OC(COC(=O)CCCCCC/C=C\CCCC)COC(=O)CCCCCCCCCCCCCCCCCCC. The zero-order valence-corrected chi connectivity index (χ0v) is 37.4. The summed E-state index contributed by atoms with van der Waals surface area (Å²) in [4.78, 5) is 37.7. The zero-order valence-electron chi connectivity index (χ0n) is 37.4. The molecule has 1 atom stereocenters. The van der Waals surface area contributed by atoms with Crippen LogP contribution in [0.1, 0.15) is 258 Å². The van der Waals surface area contributed by atoms with Crippen molar-refractivity contribution in [2.45, 2.75) is 264 Å². The average molecular weight is 789 g/mol. The summed E-state index contributed by atoms with van der Waals surface area (Å²) < 4.78 is 16.7. The molecule has 0 amide bonds. The van der Waals surface area contributed by atoms with Gasteiger partial charge in [0.2, 0.25) is 0 Å². The Labute approximate surface area is 347 Å². The standard InChI is InChI=1S/C50H92O6/c1-4-7-10-13-16-19-22-23-24-25-26-27-29-31-34-37-40-43-49(52)55-46-47(45-54-48(51)42-39-36-33-30-21-18-15-12-9-6-3)56-50(53)44-41-38-35-32-28-20-17-14-11-8-5-2/h14-15,17-18,47H,4-13,16,19-46H2,1-3H3/b17-14-,18-15-. The molecule has 1 unspecified atom stereocenters. The molecule has 0 aliphatic rings. The van der Waals surface area contributed by atoms with Crippen molar-refractivity contribution in [2.24, 2.45) is 0 Å². The number of hydrogen-bond acceptors (Lipinski definition) is 6. The van der Waals surface area contributed by atoms with Crippen molar-refractivity contribution in [1.82, 2.24) is 0 Å². The lowest BCUT2D eigenvalue weighted by molar-refractivity contribution is -0.167. The maximum atomic E-state index is 12.7. The first-order valence-corrected chi connectivity index (χ1v) is 24.3. The van der Waals surface area contributed by atoms with Crippen LogP contribution in [0.25, 0.3) is 0 Å². The second-order valence-electron chi connectivity index (χ2n) is 16.4. The molecule has 0 bridgehead atoms. The molecule has 0 aliphatic carbocycles. The molecule has 0 saturated carbocycles. The van der Waals surface area contributed by atoms with Gasteiger partial charge in [0.25, 0.3) is 0 Å². The largest absolute Gasteiger partial charge is 0.462 e. The van der Waals surface area contributed by atoms with Gasteiger partial charge in [-0.1, -0.05) is 206 Å². The van der Waals surface area contributed by atoms with Crippen LogP contribution in [0.5, 0.6) is 0 Å². The Bertz CT molecular complexity index is 911. The van der Waals surface area contributed by atoms with E-state index in [4.69, 9.17) is 14.2 Å². The molecule has 0 N–H and O–H groups in total. The normalized spacial score (nSPS) is 12.1. The summed E-state index contributed by atoms with van der Waals surface area (Å²) in [6.45, 7) is 6.55. The first kappa shape index (κ1) is 53.9. The van der Waals surface area contributed by atoms with Crippen molar-refractivity contribution < 1.29 is 28.6 Å². The maximum Gasteiger partial charge on any atom is 0.306 e. The Hall–Kier alpha value is -2.11. The molecule has 0 rings (SSSR count). The van der Waals surface area contributed by atoms with Crippen LogP contribution < -0.4 is 0 Å². The first-order valence-electron chi connectivity index (χ1n) is 24.3. The van der Waals surface area contributed by atoms with Crippen LogP contribution in [0.15, 0.2) is 24.3 Å². The van der Waals surface area contributed by atoms with E-state index in [0.29, 0.717) is 19.3 Å². The van der Waals surface area contributed by atoms with Gasteiger partial charge in [-0.2, -0.15) is 0 Å². The minimum absolute atomic E-state index is 0.0750. The highest BCUT2D eigenvalue weighted by Crippen LogP contribution is 2.15. The van der Waals surface area contributed by atoms with Crippen LogP contribution in [0.2, 0.25) is 0 Å². The topological polar surface area (TPSA) is 78.9 Å².